The molecule has 4 heteroatoms. The molecule has 4 nitrogen and oxygen atoms in total. The maximum absolute atomic E-state index is 12.0. The van der Waals surface area contributed by atoms with E-state index in [2.05, 4.69) is 6.92 Å². The molecule has 1 aliphatic rings. The van der Waals surface area contributed by atoms with Gasteiger partial charge in [0.1, 0.15) is 0 Å². The number of carbonyl (C=O) groups excluding carboxylic acids is 2. The van der Waals surface area contributed by atoms with Crippen LogP contribution >= 0.6 is 0 Å². The van der Waals surface area contributed by atoms with Gasteiger partial charge in [0.25, 0.3) is 0 Å². The van der Waals surface area contributed by atoms with Crippen molar-refractivity contribution in [1.82, 2.24) is 4.90 Å². The van der Waals surface area contributed by atoms with Gasteiger partial charge in [0.2, 0.25) is 0 Å². The van der Waals surface area contributed by atoms with Crippen LogP contribution in [0.4, 0.5) is 15.3 Å². The Bertz CT molecular complexity index is 443. The molecule has 0 atom stereocenters. The molecule has 0 radical (unpaired) electrons. The number of benzene rings is 1. The molecule has 0 saturated carbocycles. The van der Waals surface area contributed by atoms with Gasteiger partial charge in [-0.2, -0.15) is 0 Å². The van der Waals surface area contributed by atoms with E-state index in [1.54, 1.807) is 12.1 Å². The van der Waals surface area contributed by atoms with Gasteiger partial charge >= 0.3 is 12.1 Å². The Labute approximate surface area is 120 Å². The molecule has 0 aromatic heterocycles. The van der Waals surface area contributed by atoms with Gasteiger partial charge in [-0.25, -0.2) is 19.4 Å². The van der Waals surface area contributed by atoms with Gasteiger partial charge in [0, 0.05) is 6.54 Å². The number of para-hydroxylation sites is 1. The predicted octanol–water partition coefficient (Wildman–Crippen LogP) is 4.41. The third-order valence-electron chi connectivity index (χ3n) is 3.59. The molecule has 1 aromatic rings. The Morgan fingerprint density at radius 1 is 0.850 bits per heavy atom. The van der Waals surface area contributed by atoms with Crippen LogP contribution in [0.2, 0.25) is 0 Å². The number of nitrogens with zero attached hydrogens (tertiary/aromatic N) is 2. The van der Waals surface area contributed by atoms with E-state index < -0.39 is 0 Å². The topological polar surface area (TPSA) is 40.6 Å². The molecule has 0 spiro atoms. The standard InChI is InChI=1S/C16H22N2O2/c1-2-3-4-5-6-10-13-17-15(19)18(16(17)20)14-11-8-7-9-12-14/h7-9,11-12H,2-6,10,13H2,1H3. The minimum absolute atomic E-state index is 0.199. The summed E-state index contributed by atoms with van der Waals surface area (Å²) in [6, 6.07) is 8.67. The Balaban J connectivity index is 1.74. The number of anilines is 1. The minimum atomic E-state index is -0.199. The van der Waals surface area contributed by atoms with Crippen molar-refractivity contribution in [1.29, 1.82) is 0 Å². The van der Waals surface area contributed by atoms with E-state index in [4.69, 9.17) is 0 Å². The Kier molecular flexibility index (Phi) is 5.16. The lowest BCUT2D eigenvalue weighted by Crippen LogP contribution is -2.64. The molecule has 0 bridgehead atoms. The highest BCUT2D eigenvalue weighted by Crippen LogP contribution is 2.25. The molecule has 1 aliphatic heterocycles. The van der Waals surface area contributed by atoms with Gasteiger partial charge in [0.15, 0.2) is 0 Å². The van der Waals surface area contributed by atoms with E-state index in [0.717, 1.165) is 12.8 Å². The summed E-state index contributed by atoms with van der Waals surface area (Å²) in [5.74, 6) is 0. The lowest BCUT2D eigenvalue weighted by Gasteiger charge is -2.38. The van der Waals surface area contributed by atoms with Crippen LogP contribution in [-0.2, 0) is 0 Å². The van der Waals surface area contributed by atoms with Crippen LogP contribution in [0.5, 0.6) is 0 Å². The highest BCUT2D eigenvalue weighted by molar-refractivity contribution is 6.28. The highest BCUT2D eigenvalue weighted by atomic mass is 16.2. The molecular formula is C16H22N2O2. The lowest BCUT2D eigenvalue weighted by molar-refractivity contribution is 0.172. The van der Waals surface area contributed by atoms with Gasteiger partial charge < -0.3 is 0 Å². The second-order valence-electron chi connectivity index (χ2n) is 5.16. The highest BCUT2D eigenvalue weighted by Gasteiger charge is 2.43. The van der Waals surface area contributed by atoms with Crippen LogP contribution in [-0.4, -0.2) is 23.5 Å². The number of hydrogen-bond donors (Lipinski definition) is 0. The largest absolute Gasteiger partial charge is 0.340 e. The number of urea groups is 2. The number of amides is 4. The van der Waals surface area contributed by atoms with Crippen molar-refractivity contribution < 1.29 is 9.59 Å². The van der Waals surface area contributed by atoms with E-state index in [9.17, 15) is 9.59 Å². The first-order chi connectivity index (χ1) is 9.75. The summed E-state index contributed by atoms with van der Waals surface area (Å²) in [5.41, 5.74) is 0.654. The van der Waals surface area contributed by atoms with Crippen molar-refractivity contribution >= 4 is 17.7 Å². The molecule has 1 fully saturated rings. The van der Waals surface area contributed by atoms with Crippen LogP contribution in [0.15, 0.2) is 30.3 Å². The van der Waals surface area contributed by atoms with Gasteiger partial charge in [-0.05, 0) is 18.6 Å². The van der Waals surface area contributed by atoms with Crippen molar-refractivity contribution in [3.63, 3.8) is 0 Å². The Morgan fingerprint density at radius 3 is 2.10 bits per heavy atom. The fourth-order valence-electron chi connectivity index (χ4n) is 2.40. The first-order valence-corrected chi connectivity index (χ1v) is 7.46. The van der Waals surface area contributed by atoms with E-state index in [-0.39, 0.29) is 12.1 Å². The van der Waals surface area contributed by atoms with E-state index in [0.29, 0.717) is 12.2 Å². The molecular weight excluding hydrogens is 252 g/mol. The van der Waals surface area contributed by atoms with Crippen molar-refractivity contribution in [2.75, 3.05) is 11.4 Å². The summed E-state index contributed by atoms with van der Waals surface area (Å²) in [4.78, 5) is 26.5. The molecule has 4 amide bonds. The molecule has 20 heavy (non-hydrogen) atoms. The molecule has 0 unspecified atom stereocenters. The first-order valence-electron chi connectivity index (χ1n) is 7.46. The normalized spacial score (nSPS) is 14.7. The predicted molar refractivity (Wildman–Crippen MR) is 79.8 cm³/mol. The zero-order valence-electron chi connectivity index (χ0n) is 12.0. The summed E-state index contributed by atoms with van der Waals surface area (Å²) in [6.07, 6.45) is 6.92. The lowest BCUT2D eigenvalue weighted by atomic mass is 10.1. The summed E-state index contributed by atoms with van der Waals surface area (Å²) < 4.78 is 0. The van der Waals surface area contributed by atoms with Gasteiger partial charge in [-0.15, -0.1) is 0 Å². The van der Waals surface area contributed by atoms with Crippen molar-refractivity contribution in [2.24, 2.45) is 0 Å². The van der Waals surface area contributed by atoms with Crippen molar-refractivity contribution in [3.05, 3.63) is 30.3 Å². The molecule has 1 saturated heterocycles. The monoisotopic (exact) mass is 274 g/mol. The molecule has 0 N–H and O–H groups in total. The quantitative estimate of drug-likeness (QED) is 0.659. The fourth-order valence-corrected chi connectivity index (χ4v) is 2.40. The van der Waals surface area contributed by atoms with Gasteiger partial charge in [-0.1, -0.05) is 57.2 Å². The first kappa shape index (κ1) is 14.6. The average Bonchev–Trinajstić information content (AvgIpc) is 2.47. The third kappa shape index (κ3) is 3.18. The maximum atomic E-state index is 12.0. The zero-order valence-corrected chi connectivity index (χ0v) is 12.0. The number of carbonyl (C=O) groups is 2. The number of unbranched alkanes of at least 4 members (excludes halogenated alkanes) is 5. The summed E-state index contributed by atoms with van der Waals surface area (Å²) >= 11 is 0. The smallest absolute Gasteiger partial charge is 0.247 e. The SMILES string of the molecule is CCCCCCCCN1C(=O)N(c2ccccc2)C1=O. The van der Waals surface area contributed by atoms with E-state index in [1.807, 2.05) is 18.2 Å². The number of rotatable bonds is 8. The van der Waals surface area contributed by atoms with Crippen LogP contribution < -0.4 is 4.90 Å². The van der Waals surface area contributed by atoms with Crippen LogP contribution in [0, 0.1) is 0 Å². The Morgan fingerprint density at radius 2 is 1.45 bits per heavy atom. The molecule has 2 rings (SSSR count). The minimum Gasteiger partial charge on any atom is -0.247 e. The number of hydrogen-bond acceptors (Lipinski definition) is 2. The zero-order chi connectivity index (χ0) is 14.4. The second-order valence-corrected chi connectivity index (χ2v) is 5.16. The van der Waals surface area contributed by atoms with Crippen LogP contribution in [0.1, 0.15) is 45.4 Å². The summed E-state index contributed by atoms with van der Waals surface area (Å²) in [6.45, 7) is 2.74. The van der Waals surface area contributed by atoms with E-state index in [1.165, 1.54) is 35.5 Å². The van der Waals surface area contributed by atoms with Crippen LogP contribution in [0.3, 0.4) is 0 Å². The molecule has 0 aliphatic carbocycles. The van der Waals surface area contributed by atoms with E-state index >= 15 is 0 Å². The second kappa shape index (κ2) is 7.08. The molecule has 108 valence electrons. The van der Waals surface area contributed by atoms with Crippen LogP contribution in [0.25, 0.3) is 0 Å². The number of imide groups is 2. The summed E-state index contributed by atoms with van der Waals surface area (Å²) in [5, 5.41) is 0. The Hall–Kier alpha value is -1.84. The average molecular weight is 274 g/mol. The molecule has 1 aromatic carbocycles. The third-order valence-corrected chi connectivity index (χ3v) is 3.59. The van der Waals surface area contributed by atoms with Gasteiger partial charge in [-0.3, -0.25) is 0 Å². The van der Waals surface area contributed by atoms with Crippen molar-refractivity contribution in [3.8, 4) is 0 Å². The van der Waals surface area contributed by atoms with Gasteiger partial charge in [0.05, 0.1) is 5.69 Å². The fraction of sp³-hybridized carbons (Fsp3) is 0.500. The molecule has 1 heterocycles. The maximum Gasteiger partial charge on any atom is 0.340 e. The van der Waals surface area contributed by atoms with Crippen molar-refractivity contribution in [2.45, 2.75) is 45.4 Å². The summed E-state index contributed by atoms with van der Waals surface area (Å²) in [7, 11) is 0.